The van der Waals surface area contributed by atoms with Crippen molar-refractivity contribution in [3.63, 3.8) is 0 Å². The number of hydrogen-bond donors (Lipinski definition) is 1. The summed E-state index contributed by atoms with van der Waals surface area (Å²) in [4.78, 5) is 3.68. The van der Waals surface area contributed by atoms with E-state index < -0.39 is 0 Å². The Morgan fingerprint density at radius 3 is 3.00 bits per heavy atom. The Bertz CT molecular complexity index is 254. The number of nitrogens with zero attached hydrogens (tertiary/aromatic N) is 1. The summed E-state index contributed by atoms with van der Waals surface area (Å²) in [5, 5.41) is 2.09. The van der Waals surface area contributed by atoms with Gasteiger partial charge in [-0.2, -0.15) is 0 Å². The highest BCUT2D eigenvalue weighted by Crippen LogP contribution is 2.27. The van der Waals surface area contributed by atoms with Gasteiger partial charge in [-0.1, -0.05) is 6.07 Å². The highest BCUT2D eigenvalue weighted by molar-refractivity contribution is 7.10. The third kappa shape index (κ3) is 2.30. The minimum Gasteiger partial charge on any atom is -0.322 e. The van der Waals surface area contributed by atoms with Crippen molar-refractivity contribution in [3.8, 4) is 0 Å². The Hall–Kier alpha value is -0.380. The maximum absolute atomic E-state index is 6.07. The lowest BCUT2D eigenvalue weighted by Gasteiger charge is -2.19. The highest BCUT2D eigenvalue weighted by atomic mass is 32.1. The minimum atomic E-state index is 0.200. The van der Waals surface area contributed by atoms with E-state index in [1.54, 1.807) is 11.3 Å². The van der Waals surface area contributed by atoms with Crippen LogP contribution in [-0.2, 0) is 0 Å². The van der Waals surface area contributed by atoms with Crippen LogP contribution in [0.25, 0.3) is 0 Å². The molecule has 1 aliphatic carbocycles. The quantitative estimate of drug-likeness (QED) is 0.796. The lowest BCUT2D eigenvalue weighted by atomic mass is 10.2. The molecule has 1 aromatic rings. The molecule has 1 fully saturated rings. The number of nitrogens with two attached hydrogens (primary N) is 1. The van der Waals surface area contributed by atoms with E-state index in [-0.39, 0.29) is 6.04 Å². The predicted octanol–water partition coefficient (Wildman–Crippen LogP) is 1.84. The van der Waals surface area contributed by atoms with Gasteiger partial charge in [0, 0.05) is 17.5 Å². The topological polar surface area (TPSA) is 29.3 Å². The minimum absolute atomic E-state index is 0.200. The maximum Gasteiger partial charge on any atom is 0.0519 e. The van der Waals surface area contributed by atoms with Gasteiger partial charge in [-0.3, -0.25) is 0 Å². The Labute approximate surface area is 83.4 Å². The van der Waals surface area contributed by atoms with Gasteiger partial charge in [0.2, 0.25) is 0 Å². The number of thiophene rings is 1. The molecule has 1 saturated carbocycles. The van der Waals surface area contributed by atoms with Crippen molar-refractivity contribution in [2.75, 3.05) is 13.6 Å². The molecule has 1 atom stereocenters. The lowest BCUT2D eigenvalue weighted by molar-refractivity contribution is 0.304. The molecule has 0 aliphatic heterocycles. The Kier molecular flexibility index (Phi) is 2.67. The van der Waals surface area contributed by atoms with Gasteiger partial charge in [-0.25, -0.2) is 0 Å². The monoisotopic (exact) mass is 196 g/mol. The van der Waals surface area contributed by atoms with Crippen molar-refractivity contribution in [2.24, 2.45) is 5.73 Å². The summed E-state index contributed by atoms with van der Waals surface area (Å²) in [7, 11) is 2.17. The second-order valence-corrected chi connectivity index (χ2v) is 4.77. The van der Waals surface area contributed by atoms with E-state index in [1.165, 1.54) is 17.7 Å². The molecule has 2 nitrogen and oxygen atoms in total. The predicted molar refractivity (Wildman–Crippen MR) is 56.9 cm³/mol. The lowest BCUT2D eigenvalue weighted by Crippen LogP contribution is -2.30. The smallest absolute Gasteiger partial charge is 0.0519 e. The van der Waals surface area contributed by atoms with Crippen LogP contribution in [0.2, 0.25) is 0 Å². The molecule has 3 heteroatoms. The second kappa shape index (κ2) is 3.78. The molecule has 1 unspecified atom stereocenters. The largest absolute Gasteiger partial charge is 0.322 e. The first-order valence-electron chi connectivity index (χ1n) is 4.76. The summed E-state index contributed by atoms with van der Waals surface area (Å²) >= 11 is 1.75. The third-order valence-corrected chi connectivity index (χ3v) is 3.57. The Morgan fingerprint density at radius 2 is 2.46 bits per heavy atom. The van der Waals surface area contributed by atoms with Crippen LogP contribution in [0, 0.1) is 0 Å². The van der Waals surface area contributed by atoms with Crippen LogP contribution in [0.5, 0.6) is 0 Å². The summed E-state index contributed by atoms with van der Waals surface area (Å²) < 4.78 is 0. The van der Waals surface area contributed by atoms with E-state index in [0.717, 1.165) is 12.6 Å². The number of hydrogen-bond acceptors (Lipinski definition) is 3. The van der Waals surface area contributed by atoms with Gasteiger partial charge in [0.05, 0.1) is 6.04 Å². The van der Waals surface area contributed by atoms with E-state index in [4.69, 9.17) is 5.73 Å². The summed E-state index contributed by atoms with van der Waals surface area (Å²) in [6.45, 7) is 0.991. The molecule has 2 N–H and O–H groups in total. The molecular formula is C10H16N2S. The molecule has 0 aromatic carbocycles. The second-order valence-electron chi connectivity index (χ2n) is 3.79. The molecule has 0 saturated heterocycles. The summed E-state index contributed by atoms with van der Waals surface area (Å²) in [5.74, 6) is 0. The molecule has 0 amide bonds. The molecular weight excluding hydrogens is 180 g/mol. The van der Waals surface area contributed by atoms with Crippen LogP contribution in [0.1, 0.15) is 23.8 Å². The van der Waals surface area contributed by atoms with E-state index in [1.807, 2.05) is 0 Å². The van der Waals surface area contributed by atoms with Crippen molar-refractivity contribution in [1.82, 2.24) is 4.90 Å². The first-order chi connectivity index (χ1) is 6.27. The maximum atomic E-state index is 6.07. The molecule has 1 aliphatic rings. The summed E-state index contributed by atoms with van der Waals surface area (Å²) in [6.07, 6.45) is 2.71. The fourth-order valence-electron chi connectivity index (χ4n) is 1.57. The first kappa shape index (κ1) is 9.19. The van der Waals surface area contributed by atoms with Crippen LogP contribution >= 0.6 is 11.3 Å². The molecule has 1 heterocycles. The van der Waals surface area contributed by atoms with Crippen molar-refractivity contribution >= 4 is 11.3 Å². The summed E-state index contributed by atoms with van der Waals surface area (Å²) in [5.41, 5.74) is 6.07. The van der Waals surface area contributed by atoms with Crippen LogP contribution in [-0.4, -0.2) is 24.5 Å². The SMILES string of the molecule is CN(CC(N)c1cccs1)C1CC1. The van der Waals surface area contributed by atoms with Crippen LogP contribution in [0.15, 0.2) is 17.5 Å². The van der Waals surface area contributed by atoms with Gasteiger partial charge in [-0.05, 0) is 31.3 Å². The summed E-state index contributed by atoms with van der Waals surface area (Å²) in [6, 6.07) is 5.20. The van der Waals surface area contributed by atoms with Crippen molar-refractivity contribution in [1.29, 1.82) is 0 Å². The van der Waals surface area contributed by atoms with Gasteiger partial charge < -0.3 is 10.6 Å². The average Bonchev–Trinajstić information content (AvgIpc) is 2.81. The molecule has 2 rings (SSSR count). The Balaban J connectivity index is 1.87. The number of likely N-dealkylation sites (N-methyl/N-ethyl adjacent to an activating group) is 1. The molecule has 0 radical (unpaired) electrons. The molecule has 0 spiro atoms. The highest BCUT2D eigenvalue weighted by Gasteiger charge is 2.27. The molecule has 13 heavy (non-hydrogen) atoms. The van der Waals surface area contributed by atoms with E-state index >= 15 is 0 Å². The van der Waals surface area contributed by atoms with Gasteiger partial charge in [-0.15, -0.1) is 11.3 Å². The van der Waals surface area contributed by atoms with Gasteiger partial charge in [0.15, 0.2) is 0 Å². The van der Waals surface area contributed by atoms with E-state index in [0.29, 0.717) is 0 Å². The normalized spacial score (nSPS) is 19.3. The first-order valence-corrected chi connectivity index (χ1v) is 5.64. The van der Waals surface area contributed by atoms with Crippen molar-refractivity contribution in [3.05, 3.63) is 22.4 Å². The van der Waals surface area contributed by atoms with Gasteiger partial charge >= 0.3 is 0 Å². The third-order valence-electron chi connectivity index (χ3n) is 2.56. The average molecular weight is 196 g/mol. The van der Waals surface area contributed by atoms with E-state index in [9.17, 15) is 0 Å². The zero-order chi connectivity index (χ0) is 9.26. The zero-order valence-corrected chi connectivity index (χ0v) is 8.76. The molecule has 72 valence electrons. The van der Waals surface area contributed by atoms with Crippen LogP contribution in [0.3, 0.4) is 0 Å². The Morgan fingerprint density at radius 1 is 1.69 bits per heavy atom. The van der Waals surface area contributed by atoms with Crippen LogP contribution < -0.4 is 5.73 Å². The van der Waals surface area contributed by atoms with Crippen LogP contribution in [0.4, 0.5) is 0 Å². The van der Waals surface area contributed by atoms with Crippen molar-refractivity contribution in [2.45, 2.75) is 24.9 Å². The fraction of sp³-hybridized carbons (Fsp3) is 0.600. The zero-order valence-electron chi connectivity index (χ0n) is 7.94. The molecule has 0 bridgehead atoms. The molecule has 1 aromatic heterocycles. The van der Waals surface area contributed by atoms with E-state index in [2.05, 4.69) is 29.5 Å². The number of rotatable bonds is 4. The fourth-order valence-corrected chi connectivity index (χ4v) is 2.29. The standard InChI is InChI=1S/C10H16N2S/c1-12(8-4-5-8)7-9(11)10-3-2-6-13-10/h2-3,6,8-9H,4-5,7,11H2,1H3. The van der Waals surface area contributed by atoms with Gasteiger partial charge in [0.25, 0.3) is 0 Å². The van der Waals surface area contributed by atoms with Gasteiger partial charge in [0.1, 0.15) is 0 Å². The van der Waals surface area contributed by atoms with Crippen molar-refractivity contribution < 1.29 is 0 Å².